The van der Waals surface area contributed by atoms with Crippen LogP contribution in [-0.4, -0.2) is 23.8 Å². The average molecular weight is 398 g/mol. The lowest BCUT2D eigenvalue weighted by Gasteiger charge is -2.06. The molecule has 0 bridgehead atoms. The number of halogens is 2. The lowest BCUT2D eigenvalue weighted by Crippen LogP contribution is -2.24. The Morgan fingerprint density at radius 2 is 2.22 bits per heavy atom. The summed E-state index contributed by atoms with van der Waals surface area (Å²) in [5, 5.41) is 14.2. The van der Waals surface area contributed by atoms with Crippen LogP contribution in [0.1, 0.15) is 11.1 Å². The van der Waals surface area contributed by atoms with Gasteiger partial charge in [-0.1, -0.05) is 33.6 Å². The average Bonchev–Trinajstić information content (AvgIpc) is 2.50. The third kappa shape index (κ3) is 5.26. The molecular formula is C16H14BrClN2O3. The number of phenolic OH excluding ortho intramolecular Hbond substituents is 1. The summed E-state index contributed by atoms with van der Waals surface area (Å²) >= 11 is 9.15. The number of carbonyl (C=O) groups is 1. The zero-order valence-corrected chi connectivity index (χ0v) is 14.6. The lowest BCUT2D eigenvalue weighted by atomic mass is 10.1. The second-order valence-electron chi connectivity index (χ2n) is 4.70. The van der Waals surface area contributed by atoms with Crippen molar-refractivity contribution in [3.05, 3.63) is 57.0 Å². The number of ether oxygens (including phenoxy) is 1. The summed E-state index contributed by atoms with van der Waals surface area (Å²) in [5.41, 5.74) is 3.53. The first-order chi connectivity index (χ1) is 11.0. The van der Waals surface area contributed by atoms with Gasteiger partial charge in [-0.3, -0.25) is 4.79 Å². The maximum Gasteiger partial charge on any atom is 0.277 e. The van der Waals surface area contributed by atoms with Crippen LogP contribution in [0.25, 0.3) is 0 Å². The number of phenols is 1. The summed E-state index contributed by atoms with van der Waals surface area (Å²) < 4.78 is 6.10. The highest BCUT2D eigenvalue weighted by Crippen LogP contribution is 2.25. The van der Waals surface area contributed by atoms with Gasteiger partial charge in [0.15, 0.2) is 6.61 Å². The Bertz CT molecular complexity index is 750. The predicted molar refractivity (Wildman–Crippen MR) is 93.2 cm³/mol. The van der Waals surface area contributed by atoms with Crippen LogP contribution in [0.5, 0.6) is 11.5 Å². The third-order valence-corrected chi connectivity index (χ3v) is 3.55. The molecule has 0 aliphatic carbocycles. The molecule has 120 valence electrons. The first-order valence-electron chi connectivity index (χ1n) is 6.65. The fraction of sp³-hybridized carbons (Fsp3) is 0.125. The number of benzene rings is 2. The molecule has 7 heteroatoms. The number of aromatic hydroxyl groups is 1. The highest BCUT2D eigenvalue weighted by atomic mass is 79.9. The number of nitrogens with zero attached hydrogens (tertiary/aromatic N) is 1. The molecular weight excluding hydrogens is 384 g/mol. The van der Waals surface area contributed by atoms with Crippen LogP contribution in [0.15, 0.2) is 46.0 Å². The van der Waals surface area contributed by atoms with Crippen molar-refractivity contribution in [2.75, 3.05) is 6.61 Å². The standard InChI is InChI=1S/C16H14BrClN2O3/c1-10-5-12(17)6-11(16(10)22)8-19-20-15(21)9-23-14-4-2-3-13(18)7-14/h2-8,22H,9H2,1H3,(H,20,21). The number of hydrazone groups is 1. The Morgan fingerprint density at radius 1 is 1.43 bits per heavy atom. The molecule has 0 heterocycles. The quantitative estimate of drug-likeness (QED) is 0.598. The maximum atomic E-state index is 11.7. The molecule has 0 aliphatic heterocycles. The fourth-order valence-electron chi connectivity index (χ4n) is 1.77. The van der Waals surface area contributed by atoms with E-state index >= 15 is 0 Å². The molecule has 0 radical (unpaired) electrons. The van der Waals surface area contributed by atoms with Gasteiger partial charge in [-0.25, -0.2) is 5.43 Å². The van der Waals surface area contributed by atoms with E-state index in [0.29, 0.717) is 21.9 Å². The summed E-state index contributed by atoms with van der Waals surface area (Å²) in [6.45, 7) is 1.58. The van der Waals surface area contributed by atoms with Gasteiger partial charge in [-0.15, -0.1) is 0 Å². The summed E-state index contributed by atoms with van der Waals surface area (Å²) in [4.78, 5) is 11.7. The van der Waals surface area contributed by atoms with E-state index in [1.807, 2.05) is 0 Å². The van der Waals surface area contributed by atoms with Gasteiger partial charge in [0.05, 0.1) is 6.21 Å². The Morgan fingerprint density at radius 3 is 2.96 bits per heavy atom. The van der Waals surface area contributed by atoms with Crippen LogP contribution in [0.2, 0.25) is 5.02 Å². The van der Waals surface area contributed by atoms with E-state index in [1.54, 1.807) is 43.3 Å². The van der Waals surface area contributed by atoms with Crippen LogP contribution < -0.4 is 10.2 Å². The first-order valence-corrected chi connectivity index (χ1v) is 7.82. The molecule has 5 nitrogen and oxygen atoms in total. The van der Waals surface area contributed by atoms with Gasteiger partial charge in [0.2, 0.25) is 0 Å². The molecule has 2 aromatic carbocycles. The number of amides is 1. The second kappa shape index (κ2) is 7.99. The molecule has 0 unspecified atom stereocenters. The van der Waals surface area contributed by atoms with E-state index < -0.39 is 5.91 Å². The van der Waals surface area contributed by atoms with Gasteiger partial charge in [-0.2, -0.15) is 5.10 Å². The number of aryl methyl sites for hydroxylation is 1. The Hall–Kier alpha value is -2.05. The van der Waals surface area contributed by atoms with E-state index in [0.717, 1.165) is 4.47 Å². The molecule has 2 rings (SSSR count). The highest BCUT2D eigenvalue weighted by molar-refractivity contribution is 9.10. The Balaban J connectivity index is 1.89. The van der Waals surface area contributed by atoms with Crippen molar-refractivity contribution in [1.29, 1.82) is 0 Å². The van der Waals surface area contributed by atoms with Gasteiger partial charge in [0, 0.05) is 15.1 Å². The molecule has 1 amide bonds. The van der Waals surface area contributed by atoms with E-state index in [1.165, 1.54) is 6.21 Å². The molecule has 0 aromatic heterocycles. The van der Waals surface area contributed by atoms with Crippen molar-refractivity contribution in [3.8, 4) is 11.5 Å². The van der Waals surface area contributed by atoms with Crippen LogP contribution in [-0.2, 0) is 4.79 Å². The number of nitrogens with one attached hydrogen (secondary N) is 1. The number of rotatable bonds is 5. The molecule has 2 aromatic rings. The molecule has 0 saturated heterocycles. The second-order valence-corrected chi connectivity index (χ2v) is 6.05. The lowest BCUT2D eigenvalue weighted by molar-refractivity contribution is -0.123. The summed E-state index contributed by atoms with van der Waals surface area (Å²) in [7, 11) is 0. The van der Waals surface area contributed by atoms with Crippen molar-refractivity contribution in [3.63, 3.8) is 0 Å². The largest absolute Gasteiger partial charge is 0.507 e. The monoisotopic (exact) mass is 396 g/mol. The summed E-state index contributed by atoms with van der Waals surface area (Å²) in [5.74, 6) is 0.186. The van der Waals surface area contributed by atoms with Crippen molar-refractivity contribution < 1.29 is 14.6 Å². The van der Waals surface area contributed by atoms with Gasteiger partial charge >= 0.3 is 0 Å². The molecule has 23 heavy (non-hydrogen) atoms. The topological polar surface area (TPSA) is 70.9 Å². The van der Waals surface area contributed by atoms with Crippen LogP contribution in [0, 0.1) is 6.92 Å². The summed E-state index contributed by atoms with van der Waals surface area (Å²) in [6, 6.07) is 10.2. The first kappa shape index (κ1) is 17.3. The Kier molecular flexibility index (Phi) is 6.01. The van der Waals surface area contributed by atoms with E-state index in [9.17, 15) is 9.90 Å². The summed E-state index contributed by atoms with van der Waals surface area (Å²) in [6.07, 6.45) is 1.37. The van der Waals surface area contributed by atoms with Crippen molar-refractivity contribution >= 4 is 39.7 Å². The minimum Gasteiger partial charge on any atom is -0.507 e. The molecule has 2 N–H and O–H groups in total. The number of carbonyl (C=O) groups excluding carboxylic acids is 1. The van der Waals surface area contributed by atoms with Gasteiger partial charge in [-0.05, 0) is 42.8 Å². The smallest absolute Gasteiger partial charge is 0.277 e. The highest BCUT2D eigenvalue weighted by Gasteiger charge is 2.05. The van der Waals surface area contributed by atoms with Crippen molar-refractivity contribution in [1.82, 2.24) is 5.43 Å². The zero-order valence-electron chi connectivity index (χ0n) is 12.2. The van der Waals surface area contributed by atoms with Crippen molar-refractivity contribution in [2.45, 2.75) is 6.92 Å². The van der Waals surface area contributed by atoms with Gasteiger partial charge < -0.3 is 9.84 Å². The number of hydrogen-bond acceptors (Lipinski definition) is 4. The van der Waals surface area contributed by atoms with Gasteiger partial charge in [0.1, 0.15) is 11.5 Å². The SMILES string of the molecule is Cc1cc(Br)cc(C=NNC(=O)COc2cccc(Cl)c2)c1O. The Labute approximate surface area is 147 Å². The third-order valence-electron chi connectivity index (χ3n) is 2.85. The predicted octanol–water partition coefficient (Wildman–Crippen LogP) is 3.65. The molecule has 0 atom stereocenters. The van der Waals surface area contributed by atoms with E-state index in [4.69, 9.17) is 16.3 Å². The van der Waals surface area contributed by atoms with Crippen molar-refractivity contribution in [2.24, 2.45) is 5.10 Å². The molecule has 0 fully saturated rings. The van der Waals surface area contributed by atoms with Crippen LogP contribution >= 0.6 is 27.5 Å². The molecule has 0 saturated carbocycles. The normalized spacial score (nSPS) is 10.7. The number of hydrogen-bond donors (Lipinski definition) is 2. The van der Waals surface area contributed by atoms with Gasteiger partial charge in [0.25, 0.3) is 5.91 Å². The minimum atomic E-state index is -0.424. The maximum absolute atomic E-state index is 11.7. The van der Waals surface area contributed by atoms with Crippen LogP contribution in [0.3, 0.4) is 0 Å². The fourth-order valence-corrected chi connectivity index (χ4v) is 2.54. The van der Waals surface area contributed by atoms with E-state index in [2.05, 4.69) is 26.5 Å². The molecule has 0 spiro atoms. The minimum absolute atomic E-state index is 0.112. The van der Waals surface area contributed by atoms with E-state index in [-0.39, 0.29) is 12.4 Å². The molecule has 0 aliphatic rings. The van der Waals surface area contributed by atoms with Crippen LogP contribution in [0.4, 0.5) is 0 Å². The zero-order chi connectivity index (χ0) is 16.8.